The molecule has 0 spiro atoms. The molecule has 1 heterocycles. The van der Waals surface area contributed by atoms with Crippen molar-refractivity contribution in [1.29, 1.82) is 0 Å². The van der Waals surface area contributed by atoms with Gasteiger partial charge in [-0.25, -0.2) is 4.98 Å². The van der Waals surface area contributed by atoms with Crippen molar-refractivity contribution in [2.45, 2.75) is 27.7 Å². The van der Waals surface area contributed by atoms with Crippen LogP contribution in [-0.2, 0) is 4.79 Å². The van der Waals surface area contributed by atoms with E-state index in [2.05, 4.69) is 10.3 Å². The third kappa shape index (κ3) is 7.67. The van der Waals surface area contributed by atoms with E-state index in [0.717, 1.165) is 17.8 Å². The number of aryl methyl sites for hydroxylation is 1. The third-order valence-electron chi connectivity index (χ3n) is 1.50. The van der Waals surface area contributed by atoms with Gasteiger partial charge in [0.05, 0.1) is 0 Å². The molecule has 1 aromatic rings. The van der Waals surface area contributed by atoms with E-state index in [1.165, 1.54) is 0 Å². The maximum Gasteiger partial charge on any atom is 0.125 e. The summed E-state index contributed by atoms with van der Waals surface area (Å²) in [4.78, 5) is 14.0. The second kappa shape index (κ2) is 6.17. The second-order valence-corrected chi connectivity index (χ2v) is 4.40. The van der Waals surface area contributed by atoms with E-state index in [0.29, 0.717) is 0 Å². The van der Waals surface area contributed by atoms with Crippen molar-refractivity contribution in [1.82, 2.24) is 4.98 Å². The van der Waals surface area contributed by atoms with Crippen molar-refractivity contribution in [2.75, 3.05) is 12.4 Å². The highest BCUT2D eigenvalue weighted by Crippen LogP contribution is 2.05. The standard InChI is InChI=1S/C7H10N2.C5H10O/c1-6-4-3-5-7(8-2)9-6;1-5(2,3)4-6/h3-5H,1-2H3,(H,8,9);4H,1-3H3. The van der Waals surface area contributed by atoms with Gasteiger partial charge in [0.1, 0.15) is 12.1 Å². The minimum Gasteiger partial charge on any atom is -0.373 e. The zero-order chi connectivity index (χ0) is 11.9. The van der Waals surface area contributed by atoms with Crippen molar-refractivity contribution < 1.29 is 4.79 Å². The number of hydrogen-bond donors (Lipinski definition) is 1. The molecule has 1 N–H and O–H groups in total. The van der Waals surface area contributed by atoms with Gasteiger partial charge in [0.15, 0.2) is 0 Å². The third-order valence-corrected chi connectivity index (χ3v) is 1.50. The molecular formula is C12H20N2O. The molecule has 3 heteroatoms. The van der Waals surface area contributed by atoms with Gasteiger partial charge in [-0.1, -0.05) is 26.8 Å². The summed E-state index contributed by atoms with van der Waals surface area (Å²) in [5.41, 5.74) is 0.904. The van der Waals surface area contributed by atoms with Crippen molar-refractivity contribution in [2.24, 2.45) is 5.41 Å². The molecular weight excluding hydrogens is 188 g/mol. The first-order valence-electron chi connectivity index (χ1n) is 4.97. The summed E-state index contributed by atoms with van der Waals surface area (Å²) in [6.45, 7) is 7.60. The van der Waals surface area contributed by atoms with E-state index in [9.17, 15) is 4.79 Å². The fourth-order valence-corrected chi connectivity index (χ4v) is 0.682. The Morgan fingerprint density at radius 3 is 2.13 bits per heavy atom. The Balaban J connectivity index is 0.000000288. The van der Waals surface area contributed by atoms with Crippen LogP contribution in [0.4, 0.5) is 5.82 Å². The summed E-state index contributed by atoms with van der Waals surface area (Å²) < 4.78 is 0. The van der Waals surface area contributed by atoms with Crippen molar-refractivity contribution in [3.05, 3.63) is 23.9 Å². The van der Waals surface area contributed by atoms with Gasteiger partial charge in [0, 0.05) is 18.2 Å². The Morgan fingerprint density at radius 2 is 1.87 bits per heavy atom. The predicted octanol–water partition coefficient (Wildman–Crippen LogP) is 2.66. The number of rotatable bonds is 1. The largest absolute Gasteiger partial charge is 0.373 e. The zero-order valence-corrected chi connectivity index (χ0v) is 10.2. The Labute approximate surface area is 91.9 Å². The summed E-state index contributed by atoms with van der Waals surface area (Å²) in [6.07, 6.45) is 0.938. The van der Waals surface area contributed by atoms with Crippen LogP contribution in [0.3, 0.4) is 0 Å². The van der Waals surface area contributed by atoms with Gasteiger partial charge in [-0.15, -0.1) is 0 Å². The van der Waals surface area contributed by atoms with Gasteiger partial charge in [-0.2, -0.15) is 0 Å². The summed E-state index contributed by atoms with van der Waals surface area (Å²) >= 11 is 0. The van der Waals surface area contributed by atoms with Crippen LogP contribution < -0.4 is 5.32 Å². The van der Waals surface area contributed by atoms with Crippen LogP contribution in [0.25, 0.3) is 0 Å². The highest BCUT2D eigenvalue weighted by Gasteiger charge is 2.04. The summed E-state index contributed by atoms with van der Waals surface area (Å²) in [5.74, 6) is 0.926. The topological polar surface area (TPSA) is 42.0 Å². The van der Waals surface area contributed by atoms with Gasteiger partial charge >= 0.3 is 0 Å². The average molecular weight is 208 g/mol. The quantitative estimate of drug-likeness (QED) is 0.721. The Morgan fingerprint density at radius 1 is 1.33 bits per heavy atom. The molecule has 0 radical (unpaired) electrons. The molecule has 0 aromatic carbocycles. The smallest absolute Gasteiger partial charge is 0.125 e. The van der Waals surface area contributed by atoms with Crippen LogP contribution in [0.2, 0.25) is 0 Å². The van der Waals surface area contributed by atoms with Crippen LogP contribution in [0.5, 0.6) is 0 Å². The van der Waals surface area contributed by atoms with E-state index in [4.69, 9.17) is 0 Å². The minimum atomic E-state index is -0.139. The van der Waals surface area contributed by atoms with Gasteiger partial charge in [-0.3, -0.25) is 0 Å². The highest BCUT2D eigenvalue weighted by atomic mass is 16.1. The normalized spacial score (nSPS) is 9.93. The first-order chi connectivity index (χ1) is 6.89. The fraction of sp³-hybridized carbons (Fsp3) is 0.500. The van der Waals surface area contributed by atoms with Crippen LogP contribution in [0, 0.1) is 12.3 Å². The number of nitrogens with zero attached hydrogens (tertiary/aromatic N) is 1. The van der Waals surface area contributed by atoms with Gasteiger partial charge in [-0.05, 0) is 19.1 Å². The number of hydrogen-bond acceptors (Lipinski definition) is 3. The maximum atomic E-state index is 9.83. The molecule has 0 bridgehead atoms. The molecule has 3 nitrogen and oxygen atoms in total. The number of carbonyl (C=O) groups is 1. The molecule has 15 heavy (non-hydrogen) atoms. The van der Waals surface area contributed by atoms with Crippen LogP contribution in [0.15, 0.2) is 18.2 Å². The summed E-state index contributed by atoms with van der Waals surface area (Å²) in [6, 6.07) is 5.89. The van der Waals surface area contributed by atoms with E-state index in [-0.39, 0.29) is 5.41 Å². The van der Waals surface area contributed by atoms with Gasteiger partial charge < -0.3 is 10.1 Å². The van der Waals surface area contributed by atoms with Crippen LogP contribution in [-0.4, -0.2) is 18.3 Å². The second-order valence-electron chi connectivity index (χ2n) is 4.40. The van der Waals surface area contributed by atoms with Crippen LogP contribution >= 0.6 is 0 Å². The number of nitrogens with one attached hydrogen (secondary N) is 1. The number of anilines is 1. The van der Waals surface area contributed by atoms with Gasteiger partial charge in [0.2, 0.25) is 0 Å². The molecule has 0 saturated carbocycles. The molecule has 1 aromatic heterocycles. The monoisotopic (exact) mass is 208 g/mol. The summed E-state index contributed by atoms with van der Waals surface area (Å²) in [5, 5.41) is 2.96. The molecule has 0 atom stereocenters. The first kappa shape index (κ1) is 13.6. The highest BCUT2D eigenvalue weighted by molar-refractivity contribution is 5.56. The number of pyridine rings is 1. The predicted molar refractivity (Wildman–Crippen MR) is 64.0 cm³/mol. The molecule has 0 aliphatic rings. The Hall–Kier alpha value is -1.38. The van der Waals surface area contributed by atoms with E-state index in [1.807, 2.05) is 52.9 Å². The van der Waals surface area contributed by atoms with Crippen molar-refractivity contribution in [3.63, 3.8) is 0 Å². The lowest BCUT2D eigenvalue weighted by Crippen LogP contribution is -2.04. The minimum absolute atomic E-state index is 0.139. The molecule has 1 rings (SSSR count). The van der Waals surface area contributed by atoms with Crippen molar-refractivity contribution >= 4 is 12.1 Å². The maximum absolute atomic E-state index is 9.83. The molecule has 0 aliphatic carbocycles. The fourth-order valence-electron chi connectivity index (χ4n) is 0.682. The van der Waals surface area contributed by atoms with Crippen LogP contribution in [0.1, 0.15) is 26.5 Å². The van der Waals surface area contributed by atoms with Crippen molar-refractivity contribution in [3.8, 4) is 0 Å². The number of aromatic nitrogens is 1. The number of carbonyl (C=O) groups excluding carboxylic acids is 1. The van der Waals surface area contributed by atoms with Gasteiger partial charge in [0.25, 0.3) is 0 Å². The SMILES string of the molecule is CC(C)(C)C=O.CNc1cccc(C)n1. The van der Waals surface area contributed by atoms with E-state index in [1.54, 1.807) is 0 Å². The summed E-state index contributed by atoms with van der Waals surface area (Å²) in [7, 11) is 1.86. The molecule has 0 aliphatic heterocycles. The Bertz CT molecular complexity index is 303. The lowest BCUT2D eigenvalue weighted by molar-refractivity contribution is -0.113. The molecule has 84 valence electrons. The average Bonchev–Trinajstić information content (AvgIpc) is 2.18. The zero-order valence-electron chi connectivity index (χ0n) is 10.2. The lowest BCUT2D eigenvalue weighted by atomic mass is 10.0. The molecule has 0 unspecified atom stereocenters. The lowest BCUT2D eigenvalue weighted by Gasteiger charge is -2.03. The molecule has 0 amide bonds. The van der Waals surface area contributed by atoms with E-state index < -0.39 is 0 Å². The van der Waals surface area contributed by atoms with E-state index >= 15 is 0 Å². The number of aldehydes is 1. The Kier molecular flexibility index (Phi) is 5.60. The molecule has 0 fully saturated rings. The molecule has 0 saturated heterocycles. The first-order valence-corrected chi connectivity index (χ1v) is 4.97.